The molecule has 0 aliphatic heterocycles. The van der Waals surface area contributed by atoms with E-state index in [2.05, 4.69) is 26.4 Å². The molecule has 3 rings (SSSR count). The fourth-order valence-corrected chi connectivity index (χ4v) is 2.73. The van der Waals surface area contributed by atoms with Crippen molar-refractivity contribution < 1.29 is 4.79 Å². The highest BCUT2D eigenvalue weighted by Crippen LogP contribution is 2.26. The van der Waals surface area contributed by atoms with Crippen LogP contribution in [0.15, 0.2) is 42.7 Å². The number of nitrogens with zero attached hydrogens (tertiary/aromatic N) is 4. The van der Waals surface area contributed by atoms with Crippen LogP contribution in [-0.2, 0) is 7.05 Å². The standard InChI is InChI=1S/C18H18ClN5O/c1-11-6-7-12(2)14(9-11)15(13-5-4-8-20-10-13)21-17(25)16-22-18(19)24(3)23-16/h4-10,15H,1-3H3,(H,21,25). The summed E-state index contributed by atoms with van der Waals surface area (Å²) in [5.41, 5.74) is 4.07. The maximum atomic E-state index is 12.6. The van der Waals surface area contributed by atoms with Gasteiger partial charge in [0.15, 0.2) is 0 Å². The first-order valence-electron chi connectivity index (χ1n) is 7.80. The third-order valence-corrected chi connectivity index (χ3v) is 4.28. The fraction of sp³-hybridized carbons (Fsp3) is 0.222. The van der Waals surface area contributed by atoms with E-state index in [9.17, 15) is 4.79 Å². The number of carbonyl (C=O) groups is 1. The van der Waals surface area contributed by atoms with E-state index in [1.54, 1.807) is 19.4 Å². The highest BCUT2D eigenvalue weighted by Gasteiger charge is 2.22. The second kappa shape index (κ2) is 7.03. The van der Waals surface area contributed by atoms with Gasteiger partial charge in [-0.05, 0) is 48.2 Å². The van der Waals surface area contributed by atoms with Crippen LogP contribution in [0.2, 0.25) is 5.28 Å². The summed E-state index contributed by atoms with van der Waals surface area (Å²) in [4.78, 5) is 20.8. The van der Waals surface area contributed by atoms with Crippen LogP contribution >= 0.6 is 11.6 Å². The number of aromatic nitrogens is 4. The largest absolute Gasteiger partial charge is 0.338 e. The Bertz CT molecular complexity index is 888. The number of benzene rings is 1. The normalized spacial score (nSPS) is 12.0. The van der Waals surface area contributed by atoms with Gasteiger partial charge < -0.3 is 5.32 Å². The number of pyridine rings is 1. The lowest BCUT2D eigenvalue weighted by atomic mass is 9.94. The molecular weight excluding hydrogens is 338 g/mol. The van der Waals surface area contributed by atoms with Crippen molar-refractivity contribution in [1.29, 1.82) is 0 Å². The molecule has 6 nitrogen and oxygen atoms in total. The van der Waals surface area contributed by atoms with Crippen LogP contribution in [0.1, 0.15) is 38.9 Å². The Morgan fingerprint density at radius 2 is 2.08 bits per heavy atom. The van der Waals surface area contributed by atoms with E-state index in [1.165, 1.54) is 4.68 Å². The molecule has 128 valence electrons. The van der Waals surface area contributed by atoms with Crippen LogP contribution in [0.25, 0.3) is 0 Å². The van der Waals surface area contributed by atoms with E-state index in [1.807, 2.05) is 38.1 Å². The first-order chi connectivity index (χ1) is 12.0. The number of carbonyl (C=O) groups excluding carboxylic acids is 1. The molecule has 0 radical (unpaired) electrons. The van der Waals surface area contributed by atoms with Gasteiger partial charge in [-0.1, -0.05) is 29.8 Å². The van der Waals surface area contributed by atoms with Gasteiger partial charge in [-0.25, -0.2) is 4.68 Å². The van der Waals surface area contributed by atoms with Crippen LogP contribution in [-0.4, -0.2) is 25.7 Å². The number of halogens is 1. The van der Waals surface area contributed by atoms with Gasteiger partial charge in [0.1, 0.15) is 0 Å². The minimum Gasteiger partial charge on any atom is -0.338 e. The first kappa shape index (κ1) is 17.1. The summed E-state index contributed by atoms with van der Waals surface area (Å²) in [5, 5.41) is 7.20. The highest BCUT2D eigenvalue weighted by molar-refractivity contribution is 6.28. The van der Waals surface area contributed by atoms with Crippen molar-refractivity contribution >= 4 is 17.5 Å². The zero-order chi connectivity index (χ0) is 18.0. The molecule has 0 aliphatic rings. The zero-order valence-electron chi connectivity index (χ0n) is 14.2. The van der Waals surface area contributed by atoms with E-state index >= 15 is 0 Å². The summed E-state index contributed by atoms with van der Waals surface area (Å²) in [5.74, 6) is -0.357. The van der Waals surface area contributed by atoms with Gasteiger partial charge >= 0.3 is 0 Å². The lowest BCUT2D eigenvalue weighted by molar-refractivity contribution is 0.0932. The molecule has 0 fully saturated rings. The second-order valence-corrected chi connectivity index (χ2v) is 6.22. The number of rotatable bonds is 4. The molecule has 0 saturated carbocycles. The van der Waals surface area contributed by atoms with E-state index < -0.39 is 5.91 Å². The predicted molar refractivity (Wildman–Crippen MR) is 95.5 cm³/mol. The molecule has 0 spiro atoms. The molecule has 7 heteroatoms. The zero-order valence-corrected chi connectivity index (χ0v) is 14.9. The summed E-state index contributed by atoms with van der Waals surface area (Å²) < 4.78 is 1.35. The molecule has 3 aromatic rings. The fourth-order valence-electron chi connectivity index (χ4n) is 2.62. The lowest BCUT2D eigenvalue weighted by Gasteiger charge is -2.21. The SMILES string of the molecule is Cc1ccc(C)c(C(NC(=O)c2nc(Cl)n(C)n2)c2cccnc2)c1. The smallest absolute Gasteiger partial charge is 0.291 e. The summed E-state index contributed by atoms with van der Waals surface area (Å²) in [6.07, 6.45) is 3.44. The molecule has 2 heterocycles. The van der Waals surface area contributed by atoms with Gasteiger partial charge in [-0.2, -0.15) is 4.98 Å². The van der Waals surface area contributed by atoms with Crippen molar-refractivity contribution in [2.75, 3.05) is 0 Å². The number of aryl methyl sites for hydroxylation is 3. The highest BCUT2D eigenvalue weighted by atomic mass is 35.5. The molecule has 1 amide bonds. The van der Waals surface area contributed by atoms with Crippen LogP contribution in [0.4, 0.5) is 0 Å². The van der Waals surface area contributed by atoms with Crippen LogP contribution in [0.5, 0.6) is 0 Å². The van der Waals surface area contributed by atoms with E-state index in [4.69, 9.17) is 11.6 Å². The van der Waals surface area contributed by atoms with Crippen molar-refractivity contribution in [1.82, 2.24) is 25.1 Å². The van der Waals surface area contributed by atoms with Gasteiger partial charge in [-0.15, -0.1) is 5.10 Å². The minimum atomic E-state index is -0.391. The topological polar surface area (TPSA) is 72.7 Å². The Morgan fingerprint density at radius 3 is 2.72 bits per heavy atom. The van der Waals surface area contributed by atoms with Crippen LogP contribution in [0.3, 0.4) is 0 Å². The Morgan fingerprint density at radius 1 is 1.28 bits per heavy atom. The van der Waals surface area contributed by atoms with Crippen molar-refractivity contribution in [3.05, 3.63) is 76.1 Å². The maximum Gasteiger partial charge on any atom is 0.291 e. The average Bonchev–Trinajstić information content (AvgIpc) is 2.95. The molecule has 1 N–H and O–H groups in total. The molecule has 0 saturated heterocycles. The van der Waals surface area contributed by atoms with Crippen LogP contribution in [0, 0.1) is 13.8 Å². The number of nitrogens with one attached hydrogen (secondary N) is 1. The van der Waals surface area contributed by atoms with Crippen molar-refractivity contribution in [2.45, 2.75) is 19.9 Å². The molecule has 1 atom stereocenters. The van der Waals surface area contributed by atoms with Gasteiger partial charge in [0, 0.05) is 19.4 Å². The maximum absolute atomic E-state index is 12.6. The third-order valence-electron chi connectivity index (χ3n) is 3.95. The van der Waals surface area contributed by atoms with Gasteiger partial charge in [0.05, 0.1) is 6.04 Å². The van der Waals surface area contributed by atoms with Gasteiger partial charge in [0.25, 0.3) is 5.91 Å². The van der Waals surface area contributed by atoms with E-state index in [0.717, 1.165) is 22.3 Å². The van der Waals surface area contributed by atoms with Crippen molar-refractivity contribution in [3.8, 4) is 0 Å². The summed E-state index contributed by atoms with van der Waals surface area (Å²) in [6, 6.07) is 9.56. The molecule has 0 aliphatic carbocycles. The van der Waals surface area contributed by atoms with E-state index in [-0.39, 0.29) is 17.1 Å². The molecule has 1 aromatic carbocycles. The molecule has 25 heavy (non-hydrogen) atoms. The predicted octanol–water partition coefficient (Wildman–Crippen LogP) is 3.00. The summed E-state index contributed by atoms with van der Waals surface area (Å²) in [6.45, 7) is 4.03. The number of hydrogen-bond donors (Lipinski definition) is 1. The Labute approximate surface area is 150 Å². The molecule has 2 aromatic heterocycles. The quantitative estimate of drug-likeness (QED) is 0.780. The minimum absolute atomic E-state index is 0.0340. The monoisotopic (exact) mass is 355 g/mol. The Balaban J connectivity index is 2.00. The number of hydrogen-bond acceptors (Lipinski definition) is 4. The molecule has 1 unspecified atom stereocenters. The summed E-state index contributed by atoms with van der Waals surface area (Å²) in [7, 11) is 1.63. The Hall–Kier alpha value is -2.73. The first-order valence-corrected chi connectivity index (χ1v) is 8.18. The molecular formula is C18H18ClN5O. The average molecular weight is 356 g/mol. The Kier molecular flexibility index (Phi) is 4.81. The van der Waals surface area contributed by atoms with Crippen LogP contribution < -0.4 is 5.32 Å². The van der Waals surface area contributed by atoms with Gasteiger partial charge in [0.2, 0.25) is 11.1 Å². The lowest BCUT2D eigenvalue weighted by Crippen LogP contribution is -2.31. The summed E-state index contributed by atoms with van der Waals surface area (Å²) >= 11 is 5.89. The van der Waals surface area contributed by atoms with E-state index in [0.29, 0.717) is 0 Å². The second-order valence-electron chi connectivity index (χ2n) is 5.88. The third kappa shape index (κ3) is 3.69. The molecule has 0 bridgehead atoms. The van der Waals surface area contributed by atoms with Crippen molar-refractivity contribution in [2.24, 2.45) is 7.05 Å². The number of amides is 1. The van der Waals surface area contributed by atoms with Crippen molar-refractivity contribution in [3.63, 3.8) is 0 Å². The van der Waals surface area contributed by atoms with Gasteiger partial charge in [-0.3, -0.25) is 9.78 Å².